The number of nitrogens with zero attached hydrogens (tertiary/aromatic N) is 2. The van der Waals surface area contributed by atoms with Crippen molar-refractivity contribution in [2.45, 2.75) is 25.3 Å². The summed E-state index contributed by atoms with van der Waals surface area (Å²) in [6.45, 7) is 6.88. The van der Waals surface area contributed by atoms with Crippen molar-refractivity contribution in [1.29, 1.82) is 0 Å². The van der Waals surface area contributed by atoms with Crippen molar-refractivity contribution in [3.8, 4) is 0 Å². The molecule has 5 nitrogen and oxygen atoms in total. The number of hydrogen-bond donors (Lipinski definition) is 1. The third-order valence-electron chi connectivity index (χ3n) is 4.36. The van der Waals surface area contributed by atoms with Gasteiger partial charge in [-0.15, -0.1) is 0 Å². The van der Waals surface area contributed by atoms with Crippen molar-refractivity contribution >= 4 is 35.2 Å². The highest BCUT2D eigenvalue weighted by Gasteiger charge is 2.25. The molecule has 1 aromatic carbocycles. The first-order valence-electron chi connectivity index (χ1n) is 8.77. The van der Waals surface area contributed by atoms with Gasteiger partial charge in [0.2, 0.25) is 0 Å². The standard InChI is InChI=1S/C20H19ClFN3O2.2F2/c1-4-14-18(11(2)22)24-25(3)19(14)17(26)10-12-5-8-16(21)15(9-12)20(27)23-13-6-7-13;2*1-2/h4-5,8-9,13H,1-2,6-7,10H2,3H3,(H,23,27);;. The van der Waals surface area contributed by atoms with Gasteiger partial charge in [-0.25, -0.2) is 4.39 Å². The smallest absolute Gasteiger partial charge is 0.253 e. The Morgan fingerprint density at radius 2 is 1.90 bits per heavy atom. The van der Waals surface area contributed by atoms with Crippen molar-refractivity contribution in [2.24, 2.45) is 7.05 Å². The molecule has 1 aromatic heterocycles. The van der Waals surface area contributed by atoms with Crippen LogP contribution in [0.15, 0.2) is 31.4 Å². The zero-order valence-corrected chi connectivity index (χ0v) is 17.2. The number of rotatable bonds is 7. The first-order valence-corrected chi connectivity index (χ1v) is 9.15. The number of carbonyl (C=O) groups is 2. The van der Waals surface area contributed by atoms with E-state index in [0.29, 0.717) is 21.7 Å². The molecule has 1 fully saturated rings. The molecule has 0 saturated heterocycles. The number of halogens is 6. The predicted octanol–water partition coefficient (Wildman–Crippen LogP) is 5.66. The van der Waals surface area contributed by atoms with Gasteiger partial charge in [0, 0.05) is 43.4 Å². The SMILES string of the molecule is C=Cc1c(C(=C)F)nn(C)c1C(=O)Cc1ccc(Cl)c(C(=O)NC2CC2)c1.FF.FF. The molecule has 3 rings (SSSR count). The van der Waals surface area contributed by atoms with Crippen LogP contribution in [0, 0.1) is 0 Å². The van der Waals surface area contributed by atoms with E-state index >= 15 is 0 Å². The first kappa shape index (κ1) is 26.0. The molecule has 1 saturated carbocycles. The molecular weight excluding hydrogens is 445 g/mol. The lowest BCUT2D eigenvalue weighted by molar-refractivity contribution is 0.0947. The molecule has 168 valence electrons. The molecule has 0 radical (unpaired) electrons. The number of benzene rings is 1. The molecule has 0 atom stereocenters. The van der Waals surface area contributed by atoms with Crippen molar-refractivity contribution < 1.29 is 32.3 Å². The summed E-state index contributed by atoms with van der Waals surface area (Å²) in [5.74, 6) is -1.26. The van der Waals surface area contributed by atoms with Gasteiger partial charge >= 0.3 is 0 Å². The molecule has 0 unspecified atom stereocenters. The summed E-state index contributed by atoms with van der Waals surface area (Å²) >= 11 is 6.14. The number of ketones is 1. The minimum Gasteiger partial charge on any atom is -0.349 e. The molecule has 2 aromatic rings. The lowest BCUT2D eigenvalue weighted by Crippen LogP contribution is -2.25. The fraction of sp³-hybridized carbons (Fsp3) is 0.250. The van der Waals surface area contributed by atoms with E-state index < -0.39 is 5.83 Å². The van der Waals surface area contributed by atoms with E-state index in [-0.39, 0.29) is 35.5 Å². The maximum Gasteiger partial charge on any atom is 0.253 e. The Morgan fingerprint density at radius 1 is 1.29 bits per heavy atom. The minimum absolute atomic E-state index is 0.00328. The van der Waals surface area contributed by atoms with E-state index in [1.807, 2.05) is 0 Å². The van der Waals surface area contributed by atoms with Crippen LogP contribution in [0.3, 0.4) is 0 Å². The maximum atomic E-state index is 13.6. The summed E-state index contributed by atoms with van der Waals surface area (Å²) in [4.78, 5) is 25.1. The Kier molecular flexibility index (Phi) is 10.1. The summed E-state index contributed by atoms with van der Waals surface area (Å²) in [6, 6.07) is 5.10. The van der Waals surface area contributed by atoms with Crippen LogP contribution in [-0.4, -0.2) is 27.5 Å². The van der Waals surface area contributed by atoms with Gasteiger partial charge in [-0.3, -0.25) is 14.3 Å². The maximum absolute atomic E-state index is 13.6. The monoisotopic (exact) mass is 463 g/mol. The number of aryl methyl sites for hydroxylation is 1. The molecule has 11 heteroatoms. The van der Waals surface area contributed by atoms with Gasteiger partial charge in [-0.1, -0.05) is 36.9 Å². The minimum atomic E-state index is -0.731. The quantitative estimate of drug-likeness (QED) is 0.426. The van der Waals surface area contributed by atoms with Crippen LogP contribution in [0.5, 0.6) is 0 Å². The number of aromatic nitrogens is 2. The van der Waals surface area contributed by atoms with Crippen molar-refractivity contribution in [3.05, 3.63) is 64.5 Å². The van der Waals surface area contributed by atoms with Crippen LogP contribution in [0.25, 0.3) is 11.9 Å². The zero-order chi connectivity index (χ0) is 23.7. The molecule has 1 aliphatic rings. The van der Waals surface area contributed by atoms with Gasteiger partial charge in [0.1, 0.15) is 17.2 Å². The fourth-order valence-electron chi connectivity index (χ4n) is 2.88. The van der Waals surface area contributed by atoms with Gasteiger partial charge in [-0.05, 0) is 30.5 Å². The van der Waals surface area contributed by atoms with Crippen LogP contribution >= 0.6 is 11.6 Å². The van der Waals surface area contributed by atoms with Crippen LogP contribution in [0.4, 0.5) is 22.7 Å². The Morgan fingerprint density at radius 3 is 2.42 bits per heavy atom. The fourth-order valence-corrected chi connectivity index (χ4v) is 3.08. The van der Waals surface area contributed by atoms with Gasteiger partial charge < -0.3 is 5.32 Å². The molecule has 0 aliphatic heterocycles. The average Bonchev–Trinajstić information content (AvgIpc) is 3.51. The van der Waals surface area contributed by atoms with Crippen LogP contribution < -0.4 is 5.32 Å². The number of Topliss-reactive ketones (excluding diaryl/α,β-unsaturated/α-hetero) is 1. The molecule has 1 aliphatic carbocycles. The number of hydrogen-bond acceptors (Lipinski definition) is 3. The van der Waals surface area contributed by atoms with Crippen molar-refractivity contribution in [2.75, 3.05) is 0 Å². The normalized spacial score (nSPS) is 12.0. The summed E-state index contributed by atoms with van der Waals surface area (Å²) in [6.07, 6.45) is 3.33. The molecule has 31 heavy (non-hydrogen) atoms. The second kappa shape index (κ2) is 12.0. The van der Waals surface area contributed by atoms with E-state index in [1.54, 1.807) is 25.2 Å². The summed E-state index contributed by atoms with van der Waals surface area (Å²) in [7, 11) is 1.56. The Labute approximate surface area is 179 Å². The lowest BCUT2D eigenvalue weighted by Gasteiger charge is -2.09. The summed E-state index contributed by atoms with van der Waals surface area (Å²) < 4.78 is 46.9. The third-order valence-corrected chi connectivity index (χ3v) is 4.69. The number of nitrogens with one attached hydrogen (secondary N) is 1. The largest absolute Gasteiger partial charge is 0.349 e. The molecule has 1 N–H and O–H groups in total. The van der Waals surface area contributed by atoms with E-state index in [2.05, 4.69) is 23.6 Å². The van der Waals surface area contributed by atoms with Gasteiger partial charge in [-0.2, -0.15) is 5.10 Å². The van der Waals surface area contributed by atoms with Gasteiger partial charge in [0.05, 0.1) is 10.6 Å². The highest BCUT2D eigenvalue weighted by Crippen LogP contribution is 2.25. The predicted molar refractivity (Wildman–Crippen MR) is 108 cm³/mol. The van der Waals surface area contributed by atoms with Gasteiger partial charge in [0.15, 0.2) is 5.78 Å². The zero-order valence-electron chi connectivity index (χ0n) is 16.4. The third kappa shape index (κ3) is 6.48. The molecule has 1 heterocycles. The topological polar surface area (TPSA) is 64.0 Å². The van der Waals surface area contributed by atoms with Crippen molar-refractivity contribution in [3.63, 3.8) is 0 Å². The molecular formula is C20H19ClF5N3O2. The highest BCUT2D eigenvalue weighted by molar-refractivity contribution is 6.33. The van der Waals surface area contributed by atoms with E-state index in [9.17, 15) is 14.0 Å². The Bertz CT molecular complexity index is 974. The molecule has 1 amide bonds. The second-order valence-corrected chi connectivity index (χ2v) is 6.91. The van der Waals surface area contributed by atoms with E-state index in [0.717, 1.165) is 12.8 Å². The summed E-state index contributed by atoms with van der Waals surface area (Å²) in [5, 5.41) is 7.21. The highest BCUT2D eigenvalue weighted by atomic mass is 35.5. The Balaban J connectivity index is 0.00000113. The lowest BCUT2D eigenvalue weighted by atomic mass is 10.0. The second-order valence-electron chi connectivity index (χ2n) is 6.51. The molecule has 0 spiro atoms. The van der Waals surface area contributed by atoms with Gasteiger partial charge in [0.25, 0.3) is 5.91 Å². The van der Waals surface area contributed by atoms with Crippen molar-refractivity contribution in [1.82, 2.24) is 15.1 Å². The average molecular weight is 464 g/mol. The van der Waals surface area contributed by atoms with Crippen LogP contribution in [0.1, 0.15) is 50.5 Å². The number of amides is 1. The van der Waals surface area contributed by atoms with Crippen LogP contribution in [-0.2, 0) is 13.5 Å². The molecule has 0 bridgehead atoms. The van der Waals surface area contributed by atoms with Crippen LogP contribution in [0.2, 0.25) is 5.02 Å². The number of carbonyl (C=O) groups excluding carboxylic acids is 2. The Hall–Kier alpha value is -3.01. The van der Waals surface area contributed by atoms with E-state index in [4.69, 9.17) is 29.9 Å². The van der Waals surface area contributed by atoms with E-state index in [1.165, 1.54) is 10.8 Å². The first-order chi connectivity index (χ1) is 14.8. The summed E-state index contributed by atoms with van der Waals surface area (Å²) in [5.41, 5.74) is 1.49.